The maximum atomic E-state index is 2.41. The molecule has 1 heterocycles. The fourth-order valence-corrected chi connectivity index (χ4v) is 3.85. The minimum atomic E-state index is 0.955. The molecule has 1 atom stereocenters. The van der Waals surface area contributed by atoms with E-state index in [9.17, 15) is 0 Å². The molecule has 2 rings (SSSR count). The zero-order valence-electron chi connectivity index (χ0n) is 8.30. The Morgan fingerprint density at radius 1 is 1.62 bits per heavy atom. The van der Waals surface area contributed by atoms with Gasteiger partial charge in [-0.3, -0.25) is 0 Å². The number of fused-ring (bicyclic) bond motifs is 1. The van der Waals surface area contributed by atoms with E-state index in [1.54, 1.807) is 10.4 Å². The van der Waals surface area contributed by atoms with Crippen molar-refractivity contribution in [2.24, 2.45) is 5.92 Å². The first kappa shape index (κ1) is 9.60. The second kappa shape index (κ2) is 4.05. The summed E-state index contributed by atoms with van der Waals surface area (Å²) in [5.41, 5.74) is 1.65. The average Bonchev–Trinajstić information content (AvgIpc) is 2.58. The molecule has 0 radical (unpaired) electrons. The summed E-state index contributed by atoms with van der Waals surface area (Å²) in [7, 11) is 0. The summed E-state index contributed by atoms with van der Waals surface area (Å²) in [6.07, 6.45) is 7.61. The fraction of sp³-hybridized carbons (Fsp3) is 0.636. The molecule has 0 saturated carbocycles. The molecule has 1 aromatic rings. The molecule has 0 saturated heterocycles. The molecule has 1 aromatic heterocycles. The van der Waals surface area contributed by atoms with Crippen molar-refractivity contribution in [1.29, 1.82) is 0 Å². The molecule has 1 aliphatic rings. The van der Waals surface area contributed by atoms with Gasteiger partial charge in [-0.15, -0.1) is 23.1 Å². The quantitative estimate of drug-likeness (QED) is 0.668. The van der Waals surface area contributed by atoms with Crippen LogP contribution in [-0.2, 0) is 12.8 Å². The summed E-state index contributed by atoms with van der Waals surface area (Å²) in [5.74, 6) is 0.955. The van der Waals surface area contributed by atoms with E-state index in [-0.39, 0.29) is 0 Å². The predicted octanol–water partition coefficient (Wildman–Crippen LogP) is 3.98. The van der Waals surface area contributed by atoms with E-state index in [0.717, 1.165) is 5.92 Å². The van der Waals surface area contributed by atoms with Crippen LogP contribution >= 0.6 is 23.1 Å². The van der Waals surface area contributed by atoms with Crippen LogP contribution in [-0.4, -0.2) is 6.26 Å². The molecule has 0 aliphatic heterocycles. The molecule has 2 heteroatoms. The lowest BCUT2D eigenvalue weighted by molar-refractivity contribution is 0.449. The van der Waals surface area contributed by atoms with Gasteiger partial charge in [-0.05, 0) is 43.1 Å². The molecule has 72 valence electrons. The first-order valence-electron chi connectivity index (χ1n) is 4.99. The molecular formula is C11H16S2. The van der Waals surface area contributed by atoms with Crippen LogP contribution in [0.2, 0.25) is 0 Å². The average molecular weight is 212 g/mol. The standard InChI is InChI=1S/C11H16S2/c1-3-8-4-5-10-9(6-8)7-11(12-2)13-10/h7-8H,3-6H2,1-2H3. The summed E-state index contributed by atoms with van der Waals surface area (Å²) < 4.78 is 1.50. The van der Waals surface area contributed by atoms with Gasteiger partial charge in [-0.2, -0.15) is 0 Å². The molecule has 0 nitrogen and oxygen atoms in total. The normalized spacial score (nSPS) is 21.5. The summed E-state index contributed by atoms with van der Waals surface area (Å²) >= 11 is 3.90. The van der Waals surface area contributed by atoms with E-state index < -0.39 is 0 Å². The molecule has 0 aromatic carbocycles. The minimum absolute atomic E-state index is 0.955. The Morgan fingerprint density at radius 3 is 3.15 bits per heavy atom. The molecular weight excluding hydrogens is 196 g/mol. The minimum Gasteiger partial charge on any atom is -0.134 e. The topological polar surface area (TPSA) is 0 Å². The summed E-state index contributed by atoms with van der Waals surface area (Å²) in [5, 5.41) is 0. The zero-order chi connectivity index (χ0) is 9.26. The third-order valence-corrected chi connectivity index (χ3v) is 5.24. The second-order valence-electron chi connectivity index (χ2n) is 3.74. The maximum absolute atomic E-state index is 2.41. The van der Waals surface area contributed by atoms with Crippen molar-refractivity contribution in [3.8, 4) is 0 Å². The molecule has 0 N–H and O–H groups in total. The number of rotatable bonds is 2. The highest BCUT2D eigenvalue weighted by molar-refractivity contribution is 8.00. The van der Waals surface area contributed by atoms with Gasteiger partial charge in [0.15, 0.2) is 0 Å². The van der Waals surface area contributed by atoms with E-state index in [0.29, 0.717) is 0 Å². The zero-order valence-corrected chi connectivity index (χ0v) is 9.93. The van der Waals surface area contributed by atoms with Gasteiger partial charge in [-0.25, -0.2) is 0 Å². The largest absolute Gasteiger partial charge is 0.134 e. The molecule has 13 heavy (non-hydrogen) atoms. The maximum Gasteiger partial charge on any atom is 0.0601 e. The molecule has 0 fully saturated rings. The van der Waals surface area contributed by atoms with Crippen molar-refractivity contribution >= 4 is 23.1 Å². The van der Waals surface area contributed by atoms with E-state index >= 15 is 0 Å². The Morgan fingerprint density at radius 2 is 2.46 bits per heavy atom. The summed E-state index contributed by atoms with van der Waals surface area (Å²) in [6, 6.07) is 2.41. The van der Waals surface area contributed by atoms with Crippen molar-refractivity contribution in [1.82, 2.24) is 0 Å². The van der Waals surface area contributed by atoms with Crippen LogP contribution in [0, 0.1) is 5.92 Å². The van der Waals surface area contributed by atoms with E-state index in [1.807, 2.05) is 23.1 Å². The number of aryl methyl sites for hydroxylation is 1. The molecule has 1 aliphatic carbocycles. The van der Waals surface area contributed by atoms with E-state index in [1.165, 1.54) is 29.9 Å². The van der Waals surface area contributed by atoms with Gasteiger partial charge in [0.2, 0.25) is 0 Å². The van der Waals surface area contributed by atoms with Crippen molar-refractivity contribution < 1.29 is 0 Å². The monoisotopic (exact) mass is 212 g/mol. The van der Waals surface area contributed by atoms with Gasteiger partial charge in [0.1, 0.15) is 0 Å². The van der Waals surface area contributed by atoms with Crippen LogP contribution in [0.15, 0.2) is 10.3 Å². The van der Waals surface area contributed by atoms with Crippen molar-refractivity contribution in [3.63, 3.8) is 0 Å². The SMILES string of the molecule is CCC1CCc2sc(SC)cc2C1. The number of thioether (sulfide) groups is 1. The first-order valence-corrected chi connectivity index (χ1v) is 7.03. The van der Waals surface area contributed by atoms with Crippen LogP contribution < -0.4 is 0 Å². The lowest BCUT2D eigenvalue weighted by Gasteiger charge is -2.19. The van der Waals surface area contributed by atoms with Gasteiger partial charge < -0.3 is 0 Å². The first-order chi connectivity index (χ1) is 6.33. The molecule has 0 bridgehead atoms. The van der Waals surface area contributed by atoms with Crippen molar-refractivity contribution in [2.75, 3.05) is 6.26 Å². The van der Waals surface area contributed by atoms with Crippen molar-refractivity contribution in [2.45, 2.75) is 36.8 Å². The van der Waals surface area contributed by atoms with Crippen LogP contribution in [0.5, 0.6) is 0 Å². The second-order valence-corrected chi connectivity index (χ2v) is 5.98. The van der Waals surface area contributed by atoms with Gasteiger partial charge in [0.05, 0.1) is 4.21 Å². The highest BCUT2D eigenvalue weighted by atomic mass is 32.2. The Bertz CT molecular complexity index is 288. The fourth-order valence-electron chi connectivity index (χ4n) is 2.02. The number of hydrogen-bond acceptors (Lipinski definition) is 2. The predicted molar refractivity (Wildman–Crippen MR) is 61.9 cm³/mol. The van der Waals surface area contributed by atoms with Crippen LogP contribution in [0.3, 0.4) is 0 Å². The molecule has 0 spiro atoms. The molecule has 1 unspecified atom stereocenters. The third-order valence-electron chi connectivity index (χ3n) is 2.94. The Kier molecular flexibility index (Phi) is 2.99. The smallest absolute Gasteiger partial charge is 0.0601 e. The Labute approximate surface area is 88.7 Å². The van der Waals surface area contributed by atoms with E-state index in [4.69, 9.17) is 0 Å². The lowest BCUT2D eigenvalue weighted by Crippen LogP contribution is -2.10. The van der Waals surface area contributed by atoms with Crippen LogP contribution in [0.1, 0.15) is 30.2 Å². The summed E-state index contributed by atoms with van der Waals surface area (Å²) in [4.78, 5) is 1.66. The van der Waals surface area contributed by atoms with Crippen molar-refractivity contribution in [3.05, 3.63) is 16.5 Å². The van der Waals surface area contributed by atoms with Crippen LogP contribution in [0.4, 0.5) is 0 Å². The third kappa shape index (κ3) is 1.94. The highest BCUT2D eigenvalue weighted by Crippen LogP contribution is 2.36. The van der Waals surface area contributed by atoms with Gasteiger partial charge >= 0.3 is 0 Å². The number of hydrogen-bond donors (Lipinski definition) is 0. The molecule has 0 amide bonds. The lowest BCUT2D eigenvalue weighted by atomic mass is 9.87. The highest BCUT2D eigenvalue weighted by Gasteiger charge is 2.19. The van der Waals surface area contributed by atoms with E-state index in [2.05, 4.69) is 19.2 Å². The van der Waals surface area contributed by atoms with Gasteiger partial charge in [0.25, 0.3) is 0 Å². The Balaban J connectivity index is 2.19. The van der Waals surface area contributed by atoms with Gasteiger partial charge in [0, 0.05) is 4.88 Å². The van der Waals surface area contributed by atoms with Crippen LogP contribution in [0.25, 0.3) is 0 Å². The summed E-state index contributed by atoms with van der Waals surface area (Å²) in [6.45, 7) is 2.32. The van der Waals surface area contributed by atoms with Gasteiger partial charge in [-0.1, -0.05) is 13.3 Å². The number of thiophene rings is 1. The Hall–Kier alpha value is 0.0500.